The summed E-state index contributed by atoms with van der Waals surface area (Å²) in [6.45, 7) is 0. The smallest absolute Gasteiger partial charge is 0.354 e. The number of hydrogen-bond acceptors (Lipinski definition) is 6. The van der Waals surface area contributed by atoms with E-state index in [9.17, 15) is 19.1 Å². The fraction of sp³-hybridized carbons (Fsp3) is 0.259. The van der Waals surface area contributed by atoms with Crippen molar-refractivity contribution < 1.29 is 18.7 Å². The normalized spacial score (nSPS) is 15.8. The van der Waals surface area contributed by atoms with Crippen molar-refractivity contribution in [3.8, 4) is 17.2 Å². The number of fused-ring (bicyclic) bond motifs is 6. The number of hydrogen-bond donors (Lipinski definition) is 1. The Morgan fingerprint density at radius 3 is 2.66 bits per heavy atom. The average Bonchev–Trinajstić information content (AvgIpc) is 3.11. The number of rotatable bonds is 3. The summed E-state index contributed by atoms with van der Waals surface area (Å²) in [4.78, 5) is 27.3. The third-order valence-corrected chi connectivity index (χ3v) is 8.24. The van der Waals surface area contributed by atoms with Crippen molar-refractivity contribution in [2.45, 2.75) is 47.3 Å². The quantitative estimate of drug-likeness (QED) is 0.407. The van der Waals surface area contributed by atoms with Gasteiger partial charge in [0.1, 0.15) is 27.4 Å². The number of methoxy groups -OCH3 is 1. The number of halogens is 1. The summed E-state index contributed by atoms with van der Waals surface area (Å²) in [5.74, 6) is -0.178. The molecule has 1 spiro atoms. The molecule has 0 saturated heterocycles. The van der Waals surface area contributed by atoms with E-state index in [0.717, 1.165) is 49.4 Å². The van der Waals surface area contributed by atoms with Crippen LogP contribution in [0.15, 0.2) is 72.3 Å². The van der Waals surface area contributed by atoms with Crippen molar-refractivity contribution in [2.75, 3.05) is 7.11 Å². The molecule has 0 atom stereocenters. The van der Waals surface area contributed by atoms with Crippen LogP contribution in [0.1, 0.15) is 43.4 Å². The summed E-state index contributed by atoms with van der Waals surface area (Å²) in [5, 5.41) is 11.1. The van der Waals surface area contributed by atoms with Crippen LogP contribution in [-0.2, 0) is 5.41 Å². The highest BCUT2D eigenvalue weighted by atomic mass is 32.2. The summed E-state index contributed by atoms with van der Waals surface area (Å²) < 4.78 is 26.7. The lowest BCUT2D eigenvalue weighted by atomic mass is 9.68. The Bertz CT molecular complexity index is 1620. The third kappa shape index (κ3) is 3.23. The zero-order valence-corrected chi connectivity index (χ0v) is 19.8. The molecule has 2 aromatic heterocycles. The average molecular weight is 492 g/mol. The molecule has 0 radical (unpaired) electrons. The van der Waals surface area contributed by atoms with Gasteiger partial charge in [-0.1, -0.05) is 37.1 Å². The molecule has 1 aliphatic heterocycles. The molecule has 35 heavy (non-hydrogen) atoms. The van der Waals surface area contributed by atoms with Crippen molar-refractivity contribution in [1.82, 2.24) is 4.57 Å². The van der Waals surface area contributed by atoms with Gasteiger partial charge in [-0.15, -0.1) is 0 Å². The molecule has 4 aromatic rings. The highest BCUT2D eigenvalue weighted by Crippen LogP contribution is 2.52. The van der Waals surface area contributed by atoms with Crippen LogP contribution >= 0.6 is 11.8 Å². The Labute approximate surface area is 204 Å². The fourth-order valence-electron chi connectivity index (χ4n) is 5.61. The number of aromatic nitrogens is 1. The van der Waals surface area contributed by atoms with Gasteiger partial charge in [0.05, 0.1) is 12.8 Å². The van der Waals surface area contributed by atoms with E-state index in [1.54, 1.807) is 41.0 Å². The van der Waals surface area contributed by atoms with Gasteiger partial charge in [0.15, 0.2) is 5.75 Å². The van der Waals surface area contributed by atoms with Crippen LogP contribution < -0.4 is 15.9 Å². The van der Waals surface area contributed by atoms with Crippen LogP contribution in [0, 0.1) is 5.82 Å². The Kier molecular flexibility index (Phi) is 5.03. The van der Waals surface area contributed by atoms with Crippen molar-refractivity contribution in [1.29, 1.82) is 0 Å². The molecular weight excluding hydrogens is 469 g/mol. The monoisotopic (exact) mass is 491 g/mol. The van der Waals surface area contributed by atoms with Crippen molar-refractivity contribution in [3.63, 3.8) is 0 Å². The first-order valence-corrected chi connectivity index (χ1v) is 12.3. The van der Waals surface area contributed by atoms with Crippen LogP contribution in [0.25, 0.3) is 16.7 Å². The lowest BCUT2D eigenvalue weighted by Crippen LogP contribution is -2.31. The van der Waals surface area contributed by atoms with E-state index in [1.165, 1.54) is 19.2 Å². The molecule has 0 unspecified atom stereocenters. The lowest BCUT2D eigenvalue weighted by molar-refractivity contribution is 0.345. The Balaban J connectivity index is 1.60. The first-order valence-electron chi connectivity index (χ1n) is 11.5. The van der Waals surface area contributed by atoms with Crippen molar-refractivity contribution in [3.05, 3.63) is 86.4 Å². The molecule has 178 valence electrons. The molecule has 3 heterocycles. The molecular formula is C27H22FNO5S. The maximum atomic E-state index is 14.3. The SMILES string of the molecule is COc1cccc(Sc2c(O)c3c(=O)n4c(cc3oc2=O)C2(CCCCC2)c2cc(F)ccc2-4)c1. The first-order chi connectivity index (χ1) is 16.9. The maximum absolute atomic E-state index is 14.3. The van der Waals surface area contributed by atoms with Crippen LogP contribution in [-0.4, -0.2) is 16.8 Å². The zero-order chi connectivity index (χ0) is 24.3. The minimum Gasteiger partial charge on any atom is -0.505 e. The lowest BCUT2D eigenvalue weighted by Gasteiger charge is -2.34. The highest BCUT2D eigenvalue weighted by Gasteiger charge is 2.45. The van der Waals surface area contributed by atoms with Gasteiger partial charge in [-0.2, -0.15) is 0 Å². The Hall–Kier alpha value is -3.52. The second-order valence-corrected chi connectivity index (χ2v) is 10.1. The zero-order valence-electron chi connectivity index (χ0n) is 19.0. The standard InChI is InChI=1S/C27H22FNO5S/c1-33-16-6-5-7-17(13-16)35-24-23(30)22-20(34-26(24)32)14-21-27(10-3-2-4-11-27)18-12-15(28)8-9-19(18)29(21)25(22)31/h5-9,12-14,30H,2-4,10-11H2,1H3. The van der Waals surface area contributed by atoms with Crippen LogP contribution in [0.4, 0.5) is 4.39 Å². The van der Waals surface area contributed by atoms with Gasteiger partial charge >= 0.3 is 5.63 Å². The predicted octanol–water partition coefficient (Wildman–Crippen LogP) is 5.51. The summed E-state index contributed by atoms with van der Waals surface area (Å²) in [6, 6.07) is 13.2. The topological polar surface area (TPSA) is 81.7 Å². The molecule has 8 heteroatoms. The minimum atomic E-state index is -0.730. The van der Waals surface area contributed by atoms with Gasteiger partial charge in [-0.3, -0.25) is 9.36 Å². The molecule has 1 fully saturated rings. The number of nitrogens with zero attached hydrogens (tertiary/aromatic N) is 1. The first kappa shape index (κ1) is 22.0. The van der Waals surface area contributed by atoms with Crippen LogP contribution in [0.5, 0.6) is 11.5 Å². The van der Waals surface area contributed by atoms with Gasteiger partial charge in [-0.25, -0.2) is 9.18 Å². The summed E-state index contributed by atoms with van der Waals surface area (Å²) in [6.07, 6.45) is 4.52. The summed E-state index contributed by atoms with van der Waals surface area (Å²) in [7, 11) is 1.54. The van der Waals surface area contributed by atoms with E-state index < -0.39 is 22.3 Å². The number of ether oxygens (including phenoxy) is 1. The van der Waals surface area contributed by atoms with Crippen LogP contribution in [0.3, 0.4) is 0 Å². The molecule has 0 amide bonds. The summed E-state index contributed by atoms with van der Waals surface area (Å²) in [5.41, 5.74) is 0.377. The third-order valence-electron chi connectivity index (χ3n) is 7.19. The van der Waals surface area contributed by atoms with Crippen LogP contribution in [0.2, 0.25) is 0 Å². The molecule has 1 aliphatic carbocycles. The second kappa shape index (κ2) is 8.02. The van der Waals surface area contributed by atoms with Crippen molar-refractivity contribution in [2.24, 2.45) is 0 Å². The van der Waals surface area contributed by atoms with E-state index in [4.69, 9.17) is 9.15 Å². The molecule has 0 bridgehead atoms. The predicted molar refractivity (Wildman–Crippen MR) is 131 cm³/mol. The molecule has 2 aromatic carbocycles. The molecule has 6 rings (SSSR count). The van der Waals surface area contributed by atoms with Gasteiger partial charge in [-0.05, 0) is 54.8 Å². The molecule has 2 aliphatic rings. The van der Waals surface area contributed by atoms with Crippen molar-refractivity contribution >= 4 is 22.7 Å². The van der Waals surface area contributed by atoms with E-state index in [-0.39, 0.29) is 21.7 Å². The number of pyridine rings is 1. The summed E-state index contributed by atoms with van der Waals surface area (Å²) >= 11 is 1.00. The van der Waals surface area contributed by atoms with Gasteiger partial charge in [0.25, 0.3) is 5.56 Å². The molecule has 1 saturated carbocycles. The Morgan fingerprint density at radius 1 is 1.09 bits per heavy atom. The molecule has 1 N–H and O–H groups in total. The van der Waals surface area contributed by atoms with E-state index in [1.807, 2.05) is 0 Å². The largest absolute Gasteiger partial charge is 0.505 e. The number of aromatic hydroxyl groups is 1. The second-order valence-electron chi connectivity index (χ2n) is 9.06. The highest BCUT2D eigenvalue weighted by molar-refractivity contribution is 7.99. The van der Waals surface area contributed by atoms with Gasteiger partial charge < -0.3 is 14.3 Å². The van der Waals surface area contributed by atoms with E-state index in [0.29, 0.717) is 22.0 Å². The van der Waals surface area contributed by atoms with Gasteiger partial charge in [0, 0.05) is 22.1 Å². The molecule has 6 nitrogen and oxygen atoms in total. The maximum Gasteiger partial charge on any atom is 0.354 e. The number of benzene rings is 2. The van der Waals surface area contributed by atoms with Gasteiger partial charge in [0.2, 0.25) is 0 Å². The van der Waals surface area contributed by atoms with E-state index >= 15 is 0 Å². The minimum absolute atomic E-state index is 0.0389. The fourth-order valence-corrected chi connectivity index (χ4v) is 6.49. The Morgan fingerprint density at radius 2 is 1.89 bits per heavy atom. The van der Waals surface area contributed by atoms with E-state index in [2.05, 4.69) is 0 Å².